The Kier molecular flexibility index (Phi) is 10.9. The lowest BCUT2D eigenvalue weighted by molar-refractivity contribution is 0.867. The summed E-state index contributed by atoms with van der Waals surface area (Å²) in [5.41, 5.74) is 0. The summed E-state index contributed by atoms with van der Waals surface area (Å²) in [5.74, 6) is 0. The van der Waals surface area contributed by atoms with Gasteiger partial charge in [0.15, 0.2) is 0 Å². The van der Waals surface area contributed by atoms with E-state index in [2.05, 4.69) is 56.2 Å². The van der Waals surface area contributed by atoms with Gasteiger partial charge in [-0.1, -0.05) is 56.2 Å². The highest BCUT2D eigenvalue weighted by molar-refractivity contribution is 9.09. The van der Waals surface area contributed by atoms with Gasteiger partial charge < -0.3 is 0 Å². The molecule has 0 rings (SSSR count). The molecule has 0 spiro atoms. The third-order valence-corrected chi connectivity index (χ3v) is 2.00. The average molecular weight is 282 g/mol. The molecule has 0 N–H and O–H groups in total. The van der Waals surface area contributed by atoms with E-state index in [9.17, 15) is 0 Å². The van der Waals surface area contributed by atoms with Crippen LogP contribution < -0.4 is 0 Å². The maximum Gasteiger partial charge on any atom is 0.0212 e. The summed E-state index contributed by atoms with van der Waals surface area (Å²) >= 11 is 6.67. The van der Waals surface area contributed by atoms with Crippen LogP contribution in [0.15, 0.2) is 24.3 Å². The minimum Gasteiger partial charge on any atom is -0.0883 e. The molecule has 0 aromatic carbocycles. The zero-order chi connectivity index (χ0) is 8.36. The number of allylic oxidation sites excluding steroid dienone is 4. The first-order valence-electron chi connectivity index (χ1n) is 3.83. The van der Waals surface area contributed by atoms with E-state index in [1.807, 2.05) is 0 Å². The molecule has 64 valence electrons. The second kappa shape index (κ2) is 10.4. The van der Waals surface area contributed by atoms with Crippen molar-refractivity contribution in [3.05, 3.63) is 24.3 Å². The van der Waals surface area contributed by atoms with Gasteiger partial charge in [-0.15, -0.1) is 0 Å². The molecule has 0 amide bonds. The van der Waals surface area contributed by atoms with E-state index in [4.69, 9.17) is 0 Å². The quantitative estimate of drug-likeness (QED) is 0.391. The Balaban J connectivity index is 3.02. The monoisotopic (exact) mass is 280 g/mol. The van der Waals surface area contributed by atoms with E-state index in [1.54, 1.807) is 0 Å². The molecule has 0 aromatic heterocycles. The Labute approximate surface area is 86.0 Å². The molecule has 0 unspecified atom stereocenters. The summed E-state index contributed by atoms with van der Waals surface area (Å²) < 4.78 is 0. The van der Waals surface area contributed by atoms with Gasteiger partial charge in [-0.05, 0) is 19.3 Å². The zero-order valence-electron chi connectivity index (χ0n) is 6.60. The van der Waals surface area contributed by atoms with Crippen LogP contribution in [0.25, 0.3) is 0 Å². The number of hydrogen-bond acceptors (Lipinski definition) is 0. The maximum atomic E-state index is 3.34. The lowest BCUT2D eigenvalue weighted by Gasteiger charge is -1.88. The molecule has 0 fully saturated rings. The Hall–Kier alpha value is 0.440. The van der Waals surface area contributed by atoms with Gasteiger partial charge in [-0.2, -0.15) is 0 Å². The number of alkyl halides is 2. The first-order chi connectivity index (χ1) is 5.41. The molecule has 2 heteroatoms. The summed E-state index contributed by atoms with van der Waals surface area (Å²) in [6.45, 7) is 0. The normalized spacial score (nSPS) is 11.8. The van der Waals surface area contributed by atoms with Gasteiger partial charge in [0.05, 0.1) is 0 Å². The SMILES string of the molecule is BrC/C=C/CCC/C=C/CBr. The van der Waals surface area contributed by atoms with Crippen molar-refractivity contribution in [1.29, 1.82) is 0 Å². The number of hydrogen-bond donors (Lipinski definition) is 0. The fourth-order valence-electron chi connectivity index (χ4n) is 0.715. The molecule has 0 atom stereocenters. The first-order valence-corrected chi connectivity index (χ1v) is 6.08. The molecule has 0 aliphatic heterocycles. The lowest BCUT2D eigenvalue weighted by atomic mass is 10.2. The Morgan fingerprint density at radius 2 is 1.18 bits per heavy atom. The molecule has 0 aliphatic carbocycles. The Bertz CT molecular complexity index is 103. The van der Waals surface area contributed by atoms with Crippen LogP contribution in [0.3, 0.4) is 0 Å². The highest BCUT2D eigenvalue weighted by Gasteiger charge is 1.79. The summed E-state index contributed by atoms with van der Waals surface area (Å²) in [7, 11) is 0. The van der Waals surface area contributed by atoms with E-state index in [0.717, 1.165) is 10.7 Å². The van der Waals surface area contributed by atoms with Gasteiger partial charge in [-0.3, -0.25) is 0 Å². The van der Waals surface area contributed by atoms with Crippen molar-refractivity contribution >= 4 is 31.9 Å². The molecule has 0 aromatic rings. The summed E-state index contributed by atoms with van der Waals surface area (Å²) in [6.07, 6.45) is 12.4. The second-order valence-corrected chi connectivity index (χ2v) is 3.48. The molecule has 0 radical (unpaired) electrons. The van der Waals surface area contributed by atoms with Crippen LogP contribution in [-0.4, -0.2) is 10.7 Å². The third-order valence-electron chi connectivity index (χ3n) is 1.25. The second-order valence-electron chi connectivity index (χ2n) is 2.18. The van der Waals surface area contributed by atoms with Crippen LogP contribution in [0.1, 0.15) is 19.3 Å². The Morgan fingerprint density at radius 3 is 1.55 bits per heavy atom. The van der Waals surface area contributed by atoms with Gasteiger partial charge in [0.1, 0.15) is 0 Å². The van der Waals surface area contributed by atoms with Crippen LogP contribution in [0.5, 0.6) is 0 Å². The van der Waals surface area contributed by atoms with Crippen molar-refractivity contribution in [2.24, 2.45) is 0 Å². The van der Waals surface area contributed by atoms with Gasteiger partial charge in [0, 0.05) is 10.7 Å². The van der Waals surface area contributed by atoms with Gasteiger partial charge in [0.2, 0.25) is 0 Å². The number of rotatable bonds is 6. The van der Waals surface area contributed by atoms with Crippen molar-refractivity contribution in [3.63, 3.8) is 0 Å². The highest BCUT2D eigenvalue weighted by atomic mass is 79.9. The van der Waals surface area contributed by atoms with Crippen LogP contribution in [0.4, 0.5) is 0 Å². The van der Waals surface area contributed by atoms with Crippen molar-refractivity contribution in [2.75, 3.05) is 10.7 Å². The summed E-state index contributed by atoms with van der Waals surface area (Å²) in [6, 6.07) is 0. The average Bonchev–Trinajstić information content (AvgIpc) is 2.03. The van der Waals surface area contributed by atoms with Gasteiger partial charge in [0.25, 0.3) is 0 Å². The van der Waals surface area contributed by atoms with Crippen molar-refractivity contribution in [1.82, 2.24) is 0 Å². The Morgan fingerprint density at radius 1 is 0.727 bits per heavy atom. The lowest BCUT2D eigenvalue weighted by Crippen LogP contribution is -1.70. The van der Waals surface area contributed by atoms with Crippen LogP contribution in [0, 0.1) is 0 Å². The fourth-order valence-corrected chi connectivity index (χ4v) is 1.24. The minimum absolute atomic E-state index is 0.976. The molecule has 0 heterocycles. The van der Waals surface area contributed by atoms with Crippen LogP contribution in [0.2, 0.25) is 0 Å². The van der Waals surface area contributed by atoms with Crippen molar-refractivity contribution in [3.8, 4) is 0 Å². The summed E-state index contributed by atoms with van der Waals surface area (Å²) in [5, 5.41) is 1.95. The van der Waals surface area contributed by atoms with E-state index < -0.39 is 0 Å². The molecule has 0 saturated heterocycles. The fraction of sp³-hybridized carbons (Fsp3) is 0.556. The zero-order valence-corrected chi connectivity index (χ0v) is 9.77. The van der Waals surface area contributed by atoms with E-state index >= 15 is 0 Å². The molecule has 0 aliphatic rings. The van der Waals surface area contributed by atoms with E-state index in [1.165, 1.54) is 19.3 Å². The summed E-state index contributed by atoms with van der Waals surface area (Å²) in [4.78, 5) is 0. The molecular formula is C9H14Br2. The smallest absolute Gasteiger partial charge is 0.0212 e. The van der Waals surface area contributed by atoms with Crippen molar-refractivity contribution < 1.29 is 0 Å². The van der Waals surface area contributed by atoms with Crippen LogP contribution in [-0.2, 0) is 0 Å². The van der Waals surface area contributed by atoms with E-state index in [0.29, 0.717) is 0 Å². The molecule has 0 saturated carbocycles. The van der Waals surface area contributed by atoms with Crippen LogP contribution >= 0.6 is 31.9 Å². The largest absolute Gasteiger partial charge is 0.0883 e. The molecular weight excluding hydrogens is 268 g/mol. The number of unbranched alkanes of at least 4 members (excludes halogenated alkanes) is 2. The molecule has 11 heavy (non-hydrogen) atoms. The topological polar surface area (TPSA) is 0 Å². The highest BCUT2D eigenvalue weighted by Crippen LogP contribution is 1.98. The first kappa shape index (κ1) is 11.4. The predicted molar refractivity (Wildman–Crippen MR) is 59.7 cm³/mol. The maximum absolute atomic E-state index is 3.34. The predicted octanol–water partition coefficient (Wildman–Crippen LogP) is 4.06. The standard InChI is InChI=1S/C9H14Br2/c10-8-6-4-2-1-3-5-7-9-11/h4-7H,1-3,8-9H2/b6-4+,7-5+. The minimum atomic E-state index is 0.976. The number of halogens is 2. The van der Waals surface area contributed by atoms with Gasteiger partial charge in [-0.25, -0.2) is 0 Å². The molecule has 0 nitrogen and oxygen atoms in total. The van der Waals surface area contributed by atoms with E-state index in [-0.39, 0.29) is 0 Å². The van der Waals surface area contributed by atoms with Gasteiger partial charge >= 0.3 is 0 Å². The van der Waals surface area contributed by atoms with Crippen molar-refractivity contribution in [2.45, 2.75) is 19.3 Å². The molecule has 0 bridgehead atoms. The third kappa shape index (κ3) is 10.4.